The summed E-state index contributed by atoms with van der Waals surface area (Å²) in [6.45, 7) is 4.66. The molecule has 1 amide bonds. The van der Waals surface area contributed by atoms with Crippen molar-refractivity contribution in [3.8, 4) is 11.3 Å². The summed E-state index contributed by atoms with van der Waals surface area (Å²) in [6.07, 6.45) is 1.68. The van der Waals surface area contributed by atoms with E-state index in [0.717, 1.165) is 5.56 Å². The van der Waals surface area contributed by atoms with Crippen molar-refractivity contribution in [1.29, 1.82) is 0 Å². The van der Waals surface area contributed by atoms with E-state index in [1.807, 2.05) is 13.8 Å². The fourth-order valence-electron chi connectivity index (χ4n) is 2.48. The highest BCUT2D eigenvalue weighted by atomic mass is 32.2. The first-order valence-corrected chi connectivity index (χ1v) is 9.17. The van der Waals surface area contributed by atoms with Crippen molar-refractivity contribution in [1.82, 2.24) is 4.90 Å². The second kappa shape index (κ2) is 7.43. The van der Waals surface area contributed by atoms with E-state index < -0.39 is 4.92 Å². The van der Waals surface area contributed by atoms with Crippen LogP contribution in [0.25, 0.3) is 17.4 Å². The molecule has 8 heteroatoms. The number of nitrogens with zero attached hydrogens (tertiary/aromatic N) is 2. The van der Waals surface area contributed by atoms with Crippen LogP contribution in [0, 0.1) is 16.0 Å². The van der Waals surface area contributed by atoms with Gasteiger partial charge in [0.15, 0.2) is 0 Å². The Kier molecular flexibility index (Phi) is 5.24. The van der Waals surface area contributed by atoms with Gasteiger partial charge in [-0.25, -0.2) is 0 Å². The third-order valence-electron chi connectivity index (χ3n) is 3.68. The number of thiocarbonyl (C=S) groups is 1. The van der Waals surface area contributed by atoms with E-state index in [9.17, 15) is 14.9 Å². The van der Waals surface area contributed by atoms with Crippen molar-refractivity contribution in [3.05, 3.63) is 57.2 Å². The Balaban J connectivity index is 1.80. The van der Waals surface area contributed by atoms with Gasteiger partial charge >= 0.3 is 0 Å². The highest BCUT2D eigenvalue weighted by molar-refractivity contribution is 8.26. The summed E-state index contributed by atoms with van der Waals surface area (Å²) < 4.78 is 6.31. The van der Waals surface area contributed by atoms with E-state index in [0.29, 0.717) is 33.2 Å². The molecule has 1 aliphatic rings. The summed E-state index contributed by atoms with van der Waals surface area (Å²) in [5.74, 6) is 1.32. The number of non-ortho nitro benzene ring substituents is 1. The molecule has 0 saturated carbocycles. The molecule has 0 aliphatic carbocycles. The van der Waals surface area contributed by atoms with Crippen LogP contribution in [0.3, 0.4) is 0 Å². The molecule has 26 heavy (non-hydrogen) atoms. The minimum absolute atomic E-state index is 0.0226. The smallest absolute Gasteiger partial charge is 0.269 e. The fourth-order valence-corrected chi connectivity index (χ4v) is 3.74. The second-order valence-corrected chi connectivity index (χ2v) is 7.87. The van der Waals surface area contributed by atoms with Gasteiger partial charge < -0.3 is 4.42 Å². The van der Waals surface area contributed by atoms with Crippen molar-refractivity contribution in [3.63, 3.8) is 0 Å². The Labute approximate surface area is 160 Å². The van der Waals surface area contributed by atoms with Crippen LogP contribution in [-0.4, -0.2) is 26.6 Å². The zero-order valence-corrected chi connectivity index (χ0v) is 15.8. The zero-order valence-electron chi connectivity index (χ0n) is 14.2. The number of carbonyl (C=O) groups excluding carboxylic acids is 1. The number of nitro benzene ring substituents is 1. The van der Waals surface area contributed by atoms with E-state index in [4.69, 9.17) is 16.6 Å². The monoisotopic (exact) mass is 388 g/mol. The molecule has 1 saturated heterocycles. The van der Waals surface area contributed by atoms with Gasteiger partial charge in [-0.3, -0.25) is 19.8 Å². The van der Waals surface area contributed by atoms with Gasteiger partial charge in [0.05, 0.1) is 9.83 Å². The van der Waals surface area contributed by atoms with Crippen LogP contribution < -0.4 is 0 Å². The van der Waals surface area contributed by atoms with Crippen LogP contribution >= 0.6 is 24.0 Å². The molecule has 1 aromatic heterocycles. The van der Waals surface area contributed by atoms with Crippen LogP contribution in [0.4, 0.5) is 5.69 Å². The van der Waals surface area contributed by atoms with Crippen molar-refractivity contribution in [2.75, 3.05) is 6.54 Å². The first-order valence-electron chi connectivity index (χ1n) is 7.95. The molecule has 1 aromatic carbocycles. The Morgan fingerprint density at radius 1 is 1.27 bits per heavy atom. The molecule has 0 spiro atoms. The van der Waals surface area contributed by atoms with E-state index in [2.05, 4.69) is 0 Å². The van der Waals surface area contributed by atoms with Crippen LogP contribution in [-0.2, 0) is 4.79 Å². The lowest BCUT2D eigenvalue weighted by molar-refractivity contribution is -0.384. The maximum Gasteiger partial charge on any atom is 0.269 e. The van der Waals surface area contributed by atoms with Gasteiger partial charge in [0.25, 0.3) is 11.6 Å². The number of amides is 1. The predicted octanol–water partition coefficient (Wildman–Crippen LogP) is 4.71. The van der Waals surface area contributed by atoms with E-state index in [1.165, 1.54) is 23.9 Å². The number of nitro groups is 1. The molecule has 6 nitrogen and oxygen atoms in total. The number of hydrogen-bond donors (Lipinski definition) is 0. The number of benzene rings is 1. The van der Waals surface area contributed by atoms with Crippen molar-refractivity contribution in [2.24, 2.45) is 5.92 Å². The minimum Gasteiger partial charge on any atom is -0.457 e. The molecule has 3 rings (SSSR count). The third kappa shape index (κ3) is 3.86. The zero-order chi connectivity index (χ0) is 18.8. The summed E-state index contributed by atoms with van der Waals surface area (Å²) in [5, 5.41) is 10.7. The number of furan rings is 1. The molecule has 1 aliphatic heterocycles. The molecule has 0 unspecified atom stereocenters. The molecule has 1 fully saturated rings. The van der Waals surface area contributed by atoms with Gasteiger partial charge in [0, 0.05) is 30.3 Å². The lowest BCUT2D eigenvalue weighted by atomic mass is 10.1. The van der Waals surface area contributed by atoms with Crippen LogP contribution in [0.1, 0.15) is 19.6 Å². The molecule has 0 atom stereocenters. The largest absolute Gasteiger partial charge is 0.457 e. The second-order valence-electron chi connectivity index (χ2n) is 6.19. The van der Waals surface area contributed by atoms with E-state index >= 15 is 0 Å². The molecule has 0 bridgehead atoms. The SMILES string of the molecule is CC(C)CN1C(=O)/C(=C/c2ccc(-c3ccc([N+](=O)[O-])cc3)o2)SC1=S. The van der Waals surface area contributed by atoms with Gasteiger partial charge in [0.1, 0.15) is 15.8 Å². The van der Waals surface area contributed by atoms with Gasteiger partial charge in [0.2, 0.25) is 0 Å². The normalized spacial score (nSPS) is 16.1. The minimum atomic E-state index is -0.448. The van der Waals surface area contributed by atoms with Gasteiger partial charge in [-0.2, -0.15) is 0 Å². The molecule has 0 radical (unpaired) electrons. The molecular formula is C18H16N2O4S2. The van der Waals surface area contributed by atoms with Crippen molar-refractivity contribution < 1.29 is 14.1 Å². The standard InChI is InChI=1S/C18H16N2O4S2/c1-11(2)10-19-17(21)16(26-18(19)25)9-14-7-8-15(24-14)12-3-5-13(6-4-12)20(22)23/h3-9,11H,10H2,1-2H3/b16-9-. The molecule has 134 valence electrons. The van der Waals surface area contributed by atoms with Crippen LogP contribution in [0.5, 0.6) is 0 Å². The molecular weight excluding hydrogens is 372 g/mol. The number of rotatable bonds is 5. The quantitative estimate of drug-likeness (QED) is 0.319. The average Bonchev–Trinajstić information content (AvgIpc) is 3.15. The van der Waals surface area contributed by atoms with E-state index in [1.54, 1.807) is 35.2 Å². The maximum atomic E-state index is 12.5. The van der Waals surface area contributed by atoms with Gasteiger partial charge in [-0.05, 0) is 30.2 Å². The number of hydrogen-bond acceptors (Lipinski definition) is 6. The lowest BCUT2D eigenvalue weighted by Crippen LogP contribution is -2.31. The Morgan fingerprint density at radius 2 is 1.96 bits per heavy atom. The molecule has 2 heterocycles. The molecule has 2 aromatic rings. The first kappa shape index (κ1) is 18.3. The third-order valence-corrected chi connectivity index (χ3v) is 5.06. The first-order chi connectivity index (χ1) is 12.3. The summed E-state index contributed by atoms with van der Waals surface area (Å²) in [6, 6.07) is 9.63. The highest BCUT2D eigenvalue weighted by Gasteiger charge is 2.32. The Bertz CT molecular complexity index is 900. The van der Waals surface area contributed by atoms with E-state index in [-0.39, 0.29) is 11.6 Å². The summed E-state index contributed by atoms with van der Waals surface area (Å²) in [4.78, 5) is 24.9. The van der Waals surface area contributed by atoms with Crippen molar-refractivity contribution >= 4 is 46.0 Å². The van der Waals surface area contributed by atoms with Crippen LogP contribution in [0.2, 0.25) is 0 Å². The number of carbonyl (C=O) groups is 1. The average molecular weight is 388 g/mol. The van der Waals surface area contributed by atoms with Crippen LogP contribution in [0.15, 0.2) is 45.7 Å². The topological polar surface area (TPSA) is 76.6 Å². The molecule has 0 N–H and O–H groups in total. The predicted molar refractivity (Wildman–Crippen MR) is 106 cm³/mol. The highest BCUT2D eigenvalue weighted by Crippen LogP contribution is 2.34. The Hall–Kier alpha value is -2.45. The lowest BCUT2D eigenvalue weighted by Gasteiger charge is -2.16. The Morgan fingerprint density at radius 3 is 2.58 bits per heavy atom. The van der Waals surface area contributed by atoms with Crippen molar-refractivity contribution in [2.45, 2.75) is 13.8 Å². The fraction of sp³-hybridized carbons (Fsp3) is 0.222. The number of thioether (sulfide) groups is 1. The maximum absolute atomic E-state index is 12.5. The van der Waals surface area contributed by atoms with Gasteiger partial charge in [-0.1, -0.05) is 37.8 Å². The summed E-state index contributed by atoms with van der Waals surface area (Å²) in [7, 11) is 0. The summed E-state index contributed by atoms with van der Waals surface area (Å²) >= 11 is 6.55. The van der Waals surface area contributed by atoms with Gasteiger partial charge in [-0.15, -0.1) is 0 Å². The summed E-state index contributed by atoms with van der Waals surface area (Å²) in [5.41, 5.74) is 0.747.